The predicted octanol–water partition coefficient (Wildman–Crippen LogP) is 4.27. The fourth-order valence-electron chi connectivity index (χ4n) is 4.77. The van der Waals surface area contributed by atoms with Crippen LogP contribution in [0.3, 0.4) is 0 Å². The van der Waals surface area contributed by atoms with Crippen LogP contribution in [0, 0.1) is 20.8 Å². The summed E-state index contributed by atoms with van der Waals surface area (Å²) in [6.45, 7) is 5.75. The van der Waals surface area contributed by atoms with Crippen molar-refractivity contribution in [1.82, 2.24) is 13.7 Å². The molecule has 2 aromatic heterocycles. The molecule has 0 bridgehead atoms. The normalized spacial score (nSPS) is 11.3. The molecule has 0 unspecified atom stereocenters. The number of hydrogen-bond acceptors (Lipinski definition) is 3. The molecule has 0 spiro atoms. The first-order valence-corrected chi connectivity index (χ1v) is 11.9. The average Bonchev–Trinajstić information content (AvgIpc) is 3.14. The maximum absolute atomic E-state index is 13.8. The molecule has 0 atom stereocenters. The first kappa shape index (κ1) is 23.4. The van der Waals surface area contributed by atoms with E-state index in [1.807, 2.05) is 99.1 Å². The van der Waals surface area contributed by atoms with Gasteiger partial charge < -0.3 is 9.88 Å². The van der Waals surface area contributed by atoms with Crippen LogP contribution in [-0.2, 0) is 24.9 Å². The summed E-state index contributed by atoms with van der Waals surface area (Å²) in [7, 11) is 1.82. The van der Waals surface area contributed by atoms with E-state index in [2.05, 4.69) is 5.32 Å². The van der Waals surface area contributed by atoms with E-state index in [0.29, 0.717) is 16.7 Å². The summed E-state index contributed by atoms with van der Waals surface area (Å²) >= 11 is 0. The molecule has 0 aliphatic carbocycles. The van der Waals surface area contributed by atoms with Gasteiger partial charge in [0.1, 0.15) is 12.1 Å². The Morgan fingerprint density at radius 2 is 1.53 bits per heavy atom. The number of carbonyl (C=O) groups excluding carboxylic acids is 1. The summed E-state index contributed by atoms with van der Waals surface area (Å²) in [6, 6.07) is 21.1. The molecule has 2 heterocycles. The molecule has 0 radical (unpaired) electrons. The molecule has 7 heteroatoms. The molecule has 0 fully saturated rings. The lowest BCUT2D eigenvalue weighted by molar-refractivity contribution is -0.116. The number of fused-ring (bicyclic) bond motifs is 3. The van der Waals surface area contributed by atoms with E-state index in [9.17, 15) is 14.4 Å². The van der Waals surface area contributed by atoms with Gasteiger partial charge in [0.25, 0.3) is 5.56 Å². The molecule has 182 valence electrons. The number of aryl methyl sites for hydroxylation is 4. The zero-order chi connectivity index (χ0) is 25.6. The Balaban J connectivity index is 1.72. The minimum Gasteiger partial charge on any atom is -0.338 e. The average molecular weight is 481 g/mol. The second-order valence-electron chi connectivity index (χ2n) is 9.39. The summed E-state index contributed by atoms with van der Waals surface area (Å²) in [4.78, 5) is 40.7. The Hall–Kier alpha value is -4.39. The lowest BCUT2D eigenvalue weighted by Gasteiger charge is -2.14. The van der Waals surface area contributed by atoms with Crippen LogP contribution in [0.5, 0.6) is 0 Å². The summed E-state index contributed by atoms with van der Waals surface area (Å²) < 4.78 is 4.46. The molecule has 0 aliphatic rings. The van der Waals surface area contributed by atoms with Crippen molar-refractivity contribution in [2.45, 2.75) is 33.9 Å². The number of amides is 1. The maximum atomic E-state index is 13.8. The first-order chi connectivity index (χ1) is 17.2. The van der Waals surface area contributed by atoms with Gasteiger partial charge in [-0.15, -0.1) is 0 Å². The highest BCUT2D eigenvalue weighted by atomic mass is 16.2. The number of aromatic nitrogens is 3. The van der Waals surface area contributed by atoms with E-state index in [1.54, 1.807) is 0 Å². The van der Waals surface area contributed by atoms with Crippen LogP contribution < -0.4 is 16.6 Å². The minimum absolute atomic E-state index is 0.119. The van der Waals surface area contributed by atoms with Crippen molar-refractivity contribution in [3.05, 3.63) is 110 Å². The highest BCUT2D eigenvalue weighted by Crippen LogP contribution is 2.26. The Bertz CT molecular complexity index is 1760. The lowest BCUT2D eigenvalue weighted by Crippen LogP contribution is -2.42. The number of nitrogens with one attached hydrogen (secondary N) is 1. The highest BCUT2D eigenvalue weighted by Gasteiger charge is 2.22. The Labute approximate surface area is 208 Å². The van der Waals surface area contributed by atoms with Crippen molar-refractivity contribution in [2.75, 3.05) is 5.32 Å². The Morgan fingerprint density at radius 1 is 0.833 bits per heavy atom. The Kier molecular flexibility index (Phi) is 5.84. The standard InChI is InChI=1S/C29H28N4O3/c1-18-11-13-24-22(14-18)26-27(31(24)4)28(35)33(16-21-8-6-5-7-9-21)29(36)32(26)17-25(34)30-23-15-19(2)10-12-20(23)3/h5-15H,16-17H2,1-4H3,(H,30,34). The number of rotatable bonds is 5. The van der Waals surface area contributed by atoms with Crippen LogP contribution in [0.2, 0.25) is 0 Å². The SMILES string of the molecule is Cc1ccc(C)c(NC(=O)Cn2c(=O)n(Cc3ccccc3)c(=O)c3c2c2cc(C)ccc2n3C)c1. The molecule has 1 amide bonds. The summed E-state index contributed by atoms with van der Waals surface area (Å²) in [5, 5.41) is 3.72. The molecule has 3 aromatic carbocycles. The molecule has 0 aliphatic heterocycles. The zero-order valence-corrected chi connectivity index (χ0v) is 20.8. The Morgan fingerprint density at radius 3 is 2.28 bits per heavy atom. The fraction of sp³-hybridized carbons (Fsp3) is 0.207. The summed E-state index contributed by atoms with van der Waals surface area (Å²) in [6.07, 6.45) is 0. The topological polar surface area (TPSA) is 78.0 Å². The molecular formula is C29H28N4O3. The van der Waals surface area contributed by atoms with Crippen LogP contribution in [0.25, 0.3) is 21.9 Å². The van der Waals surface area contributed by atoms with Gasteiger partial charge in [0.2, 0.25) is 5.91 Å². The fourth-order valence-corrected chi connectivity index (χ4v) is 4.77. The van der Waals surface area contributed by atoms with Crippen molar-refractivity contribution in [3.8, 4) is 0 Å². The van der Waals surface area contributed by atoms with E-state index in [-0.39, 0.29) is 24.6 Å². The van der Waals surface area contributed by atoms with Gasteiger partial charge in [-0.1, -0.05) is 54.1 Å². The van der Waals surface area contributed by atoms with Gasteiger partial charge in [0.05, 0.1) is 17.6 Å². The summed E-state index contributed by atoms with van der Waals surface area (Å²) in [5.41, 5.74) is 5.31. The minimum atomic E-state index is -0.513. The van der Waals surface area contributed by atoms with Crippen LogP contribution in [0.1, 0.15) is 22.3 Å². The number of hydrogen-bond donors (Lipinski definition) is 1. The van der Waals surface area contributed by atoms with Gasteiger partial charge in [0, 0.05) is 18.1 Å². The monoisotopic (exact) mass is 480 g/mol. The second kappa shape index (κ2) is 9.00. The first-order valence-electron chi connectivity index (χ1n) is 11.9. The van der Waals surface area contributed by atoms with Crippen LogP contribution >= 0.6 is 0 Å². The number of nitrogens with zero attached hydrogens (tertiary/aromatic N) is 3. The summed E-state index contributed by atoms with van der Waals surface area (Å²) in [5.74, 6) is -0.332. The van der Waals surface area contributed by atoms with Gasteiger partial charge >= 0.3 is 5.69 Å². The number of anilines is 1. The van der Waals surface area contributed by atoms with Gasteiger partial charge in [-0.25, -0.2) is 4.79 Å². The van der Waals surface area contributed by atoms with E-state index in [4.69, 9.17) is 0 Å². The molecular weight excluding hydrogens is 452 g/mol. The van der Waals surface area contributed by atoms with E-state index < -0.39 is 5.69 Å². The van der Waals surface area contributed by atoms with Crippen molar-refractivity contribution in [2.24, 2.45) is 7.05 Å². The van der Waals surface area contributed by atoms with E-state index >= 15 is 0 Å². The third-order valence-corrected chi connectivity index (χ3v) is 6.66. The van der Waals surface area contributed by atoms with Crippen molar-refractivity contribution >= 4 is 33.5 Å². The van der Waals surface area contributed by atoms with Crippen molar-refractivity contribution < 1.29 is 4.79 Å². The molecule has 5 aromatic rings. The third kappa shape index (κ3) is 4.02. The molecule has 0 saturated heterocycles. The van der Waals surface area contributed by atoms with Crippen LogP contribution in [-0.4, -0.2) is 19.6 Å². The lowest BCUT2D eigenvalue weighted by atomic mass is 10.1. The molecule has 1 N–H and O–H groups in total. The maximum Gasteiger partial charge on any atom is 0.332 e. The van der Waals surface area contributed by atoms with E-state index in [0.717, 1.165) is 33.2 Å². The smallest absolute Gasteiger partial charge is 0.332 e. The largest absolute Gasteiger partial charge is 0.338 e. The van der Waals surface area contributed by atoms with Crippen LogP contribution in [0.15, 0.2) is 76.3 Å². The molecule has 5 rings (SSSR count). The quantitative estimate of drug-likeness (QED) is 0.408. The third-order valence-electron chi connectivity index (χ3n) is 6.66. The molecule has 7 nitrogen and oxygen atoms in total. The molecule has 0 saturated carbocycles. The van der Waals surface area contributed by atoms with Gasteiger partial charge in [-0.2, -0.15) is 0 Å². The van der Waals surface area contributed by atoms with Gasteiger partial charge in [-0.05, 0) is 55.7 Å². The molecule has 36 heavy (non-hydrogen) atoms. The predicted molar refractivity (Wildman–Crippen MR) is 144 cm³/mol. The highest BCUT2D eigenvalue weighted by molar-refractivity contribution is 6.06. The van der Waals surface area contributed by atoms with Crippen molar-refractivity contribution in [3.63, 3.8) is 0 Å². The number of benzene rings is 3. The van der Waals surface area contributed by atoms with E-state index in [1.165, 1.54) is 9.13 Å². The zero-order valence-electron chi connectivity index (χ0n) is 20.8. The van der Waals surface area contributed by atoms with Gasteiger partial charge in [0.15, 0.2) is 0 Å². The van der Waals surface area contributed by atoms with Gasteiger partial charge in [-0.3, -0.25) is 18.7 Å². The second-order valence-corrected chi connectivity index (χ2v) is 9.39. The number of carbonyl (C=O) groups is 1. The van der Waals surface area contributed by atoms with Crippen molar-refractivity contribution in [1.29, 1.82) is 0 Å². The van der Waals surface area contributed by atoms with Crippen LogP contribution in [0.4, 0.5) is 5.69 Å².